The van der Waals surface area contributed by atoms with Crippen molar-refractivity contribution in [1.82, 2.24) is 10.2 Å². The molecule has 0 aliphatic heterocycles. The highest BCUT2D eigenvalue weighted by Gasteiger charge is 2.30. The molecule has 0 fully saturated rings. The Morgan fingerprint density at radius 2 is 1.81 bits per heavy atom. The number of amides is 1. The molecule has 8 heteroatoms. The monoisotopic (exact) mass is 495 g/mol. The van der Waals surface area contributed by atoms with Gasteiger partial charge in [0.2, 0.25) is 0 Å². The number of benzene rings is 3. The van der Waals surface area contributed by atoms with E-state index in [0.29, 0.717) is 17.0 Å². The molecule has 0 aliphatic carbocycles. The predicted octanol–water partition coefficient (Wildman–Crippen LogP) is 6.82. The van der Waals surface area contributed by atoms with E-state index in [1.807, 2.05) is 51.1 Å². The summed E-state index contributed by atoms with van der Waals surface area (Å²) >= 11 is 0. The van der Waals surface area contributed by atoms with Gasteiger partial charge in [-0.05, 0) is 80.6 Å². The van der Waals surface area contributed by atoms with Crippen LogP contribution in [0.3, 0.4) is 0 Å². The highest BCUT2D eigenvalue weighted by atomic mass is 19.4. The predicted molar refractivity (Wildman–Crippen MR) is 137 cm³/mol. The summed E-state index contributed by atoms with van der Waals surface area (Å²) in [7, 11) is 3.83. The van der Waals surface area contributed by atoms with Crippen molar-refractivity contribution >= 4 is 23.4 Å². The second-order valence-corrected chi connectivity index (χ2v) is 8.35. The van der Waals surface area contributed by atoms with Crippen LogP contribution in [-0.4, -0.2) is 37.7 Å². The average molecular weight is 496 g/mol. The number of hydrogen-bond donors (Lipinski definition) is 1. The van der Waals surface area contributed by atoms with Crippen molar-refractivity contribution < 1.29 is 22.7 Å². The third-order valence-electron chi connectivity index (χ3n) is 5.59. The Kier molecular flexibility index (Phi) is 8.19. The normalized spacial score (nSPS) is 13.3. The summed E-state index contributed by atoms with van der Waals surface area (Å²) in [5, 5.41) is 4.41. The minimum atomic E-state index is -4.41. The molecule has 1 N–H and O–H groups in total. The van der Waals surface area contributed by atoms with Gasteiger partial charge in [-0.15, -0.1) is 0 Å². The number of halogens is 3. The van der Waals surface area contributed by atoms with Gasteiger partial charge < -0.3 is 15.0 Å². The second kappa shape index (κ2) is 11.1. The average Bonchev–Trinajstić information content (AvgIpc) is 2.84. The van der Waals surface area contributed by atoms with Gasteiger partial charge in [-0.2, -0.15) is 13.2 Å². The molecule has 3 aromatic rings. The van der Waals surface area contributed by atoms with E-state index in [1.165, 1.54) is 12.1 Å². The number of alkyl halides is 3. The van der Waals surface area contributed by atoms with Crippen molar-refractivity contribution in [2.45, 2.75) is 26.1 Å². The zero-order valence-electron chi connectivity index (χ0n) is 20.6. The van der Waals surface area contributed by atoms with E-state index in [-0.39, 0.29) is 17.7 Å². The van der Waals surface area contributed by atoms with E-state index in [4.69, 9.17) is 4.74 Å². The lowest BCUT2D eigenvalue weighted by Crippen LogP contribution is -2.33. The first-order chi connectivity index (χ1) is 17.0. The number of ether oxygens (including phenoxy) is 1. The third-order valence-corrected chi connectivity index (χ3v) is 5.59. The standard InChI is InChI=1S/C28H28F3N3O2/c1-6-22(34(4)5)17-25(32-3)18(2)33-27(35)20-10-15-24-19(16-20)8-7-9-26(24)36-23-13-11-21(12-14-23)28(29,30)31/h6-18H,3H2,1-2,4-5H3,(H,33,35)/b22-6+,25-17-/t18-/m1/s1. The molecule has 0 bridgehead atoms. The van der Waals surface area contributed by atoms with Crippen molar-refractivity contribution in [2.75, 3.05) is 14.1 Å². The molecule has 5 nitrogen and oxygen atoms in total. The Labute approximate surface area is 208 Å². The summed E-state index contributed by atoms with van der Waals surface area (Å²) < 4.78 is 44.3. The molecule has 36 heavy (non-hydrogen) atoms. The minimum Gasteiger partial charge on any atom is -0.457 e. The maximum atomic E-state index is 12.9. The van der Waals surface area contributed by atoms with Gasteiger partial charge in [0, 0.05) is 30.7 Å². The Hall–Kier alpha value is -4.07. The number of carbonyl (C=O) groups is 1. The number of rotatable bonds is 8. The summed E-state index contributed by atoms with van der Waals surface area (Å²) in [6.45, 7) is 7.37. The molecule has 0 saturated carbocycles. The van der Waals surface area contributed by atoms with Gasteiger partial charge in [-0.3, -0.25) is 9.79 Å². The number of aliphatic imine (C=N–C) groups is 1. The summed E-state index contributed by atoms with van der Waals surface area (Å²) in [6.07, 6.45) is -0.608. The summed E-state index contributed by atoms with van der Waals surface area (Å²) in [6, 6.07) is 14.6. The zero-order chi connectivity index (χ0) is 26.5. The first kappa shape index (κ1) is 26.5. The number of hydrogen-bond acceptors (Lipinski definition) is 4. The van der Waals surface area contributed by atoms with Gasteiger partial charge in [0.1, 0.15) is 11.5 Å². The van der Waals surface area contributed by atoms with Gasteiger partial charge in [0.05, 0.1) is 17.3 Å². The van der Waals surface area contributed by atoms with Crippen LogP contribution in [0.1, 0.15) is 29.8 Å². The van der Waals surface area contributed by atoms with E-state index >= 15 is 0 Å². The Bertz CT molecular complexity index is 1310. The number of nitrogens with zero attached hydrogens (tertiary/aromatic N) is 2. The molecule has 1 amide bonds. The van der Waals surface area contributed by atoms with Crippen LogP contribution in [0.2, 0.25) is 0 Å². The molecule has 0 aliphatic rings. The van der Waals surface area contributed by atoms with E-state index in [2.05, 4.69) is 17.0 Å². The second-order valence-electron chi connectivity index (χ2n) is 8.35. The number of nitrogens with one attached hydrogen (secondary N) is 1. The van der Waals surface area contributed by atoms with Crippen LogP contribution in [0.5, 0.6) is 11.5 Å². The van der Waals surface area contributed by atoms with E-state index in [0.717, 1.165) is 28.6 Å². The topological polar surface area (TPSA) is 53.9 Å². The van der Waals surface area contributed by atoms with Crippen LogP contribution in [0.15, 0.2) is 89.2 Å². The first-order valence-corrected chi connectivity index (χ1v) is 11.2. The van der Waals surface area contributed by atoms with E-state index < -0.39 is 11.7 Å². The molecule has 188 valence electrons. The fourth-order valence-corrected chi connectivity index (χ4v) is 3.61. The van der Waals surface area contributed by atoms with Crippen LogP contribution in [0.4, 0.5) is 13.2 Å². The number of fused-ring (bicyclic) bond motifs is 1. The van der Waals surface area contributed by atoms with Crippen molar-refractivity contribution in [3.8, 4) is 11.5 Å². The number of carbonyl (C=O) groups excluding carboxylic acids is 1. The first-order valence-electron chi connectivity index (χ1n) is 11.2. The molecule has 0 unspecified atom stereocenters. The smallest absolute Gasteiger partial charge is 0.416 e. The molecule has 3 aromatic carbocycles. The maximum Gasteiger partial charge on any atom is 0.416 e. The lowest BCUT2D eigenvalue weighted by molar-refractivity contribution is -0.137. The van der Waals surface area contributed by atoms with E-state index in [1.54, 1.807) is 30.3 Å². The summed E-state index contributed by atoms with van der Waals surface area (Å²) in [5.74, 6) is 0.469. The fraction of sp³-hybridized carbons (Fsp3) is 0.214. The number of likely N-dealkylation sites (N-methyl/N-ethyl adjacent to an activating group) is 1. The van der Waals surface area contributed by atoms with Crippen molar-refractivity contribution in [3.05, 3.63) is 95.3 Å². The molecule has 1 atom stereocenters. The third kappa shape index (κ3) is 6.33. The van der Waals surface area contributed by atoms with Crippen LogP contribution in [-0.2, 0) is 6.18 Å². The molecule has 0 aromatic heterocycles. The molecule has 3 rings (SSSR count). The van der Waals surface area contributed by atoms with Crippen LogP contribution >= 0.6 is 0 Å². The van der Waals surface area contributed by atoms with Crippen molar-refractivity contribution in [2.24, 2.45) is 4.99 Å². The Morgan fingerprint density at radius 3 is 2.39 bits per heavy atom. The summed E-state index contributed by atoms with van der Waals surface area (Å²) in [4.78, 5) is 19.0. The molecule has 0 saturated heterocycles. The van der Waals surface area contributed by atoms with Gasteiger partial charge >= 0.3 is 6.18 Å². The Morgan fingerprint density at radius 1 is 1.11 bits per heavy atom. The van der Waals surface area contributed by atoms with Gasteiger partial charge in [0.15, 0.2) is 0 Å². The molecule has 0 radical (unpaired) electrons. The van der Waals surface area contributed by atoms with Gasteiger partial charge in [-0.25, -0.2) is 0 Å². The van der Waals surface area contributed by atoms with E-state index in [9.17, 15) is 18.0 Å². The van der Waals surface area contributed by atoms with Gasteiger partial charge in [-0.1, -0.05) is 18.2 Å². The van der Waals surface area contributed by atoms with Crippen molar-refractivity contribution in [3.63, 3.8) is 0 Å². The fourth-order valence-electron chi connectivity index (χ4n) is 3.61. The molecular formula is C28H28F3N3O2. The highest BCUT2D eigenvalue weighted by molar-refractivity contribution is 6.00. The summed E-state index contributed by atoms with van der Waals surface area (Å²) in [5.41, 5.74) is 1.26. The lowest BCUT2D eigenvalue weighted by atomic mass is 10.1. The zero-order valence-corrected chi connectivity index (χ0v) is 20.6. The van der Waals surface area contributed by atoms with Gasteiger partial charge in [0.25, 0.3) is 5.91 Å². The SMILES string of the molecule is C=N/C(=C\C(=C/C)N(C)C)[C@@H](C)NC(=O)c1ccc2c(Oc3ccc(C(F)(F)F)cc3)cccc2c1. The Balaban J connectivity index is 1.80. The molecule has 0 heterocycles. The maximum absolute atomic E-state index is 12.9. The number of allylic oxidation sites excluding steroid dienone is 2. The minimum absolute atomic E-state index is 0.278. The molecule has 0 spiro atoms. The molecular weight excluding hydrogens is 467 g/mol. The van der Waals surface area contributed by atoms with Crippen LogP contribution in [0, 0.1) is 0 Å². The highest BCUT2D eigenvalue weighted by Crippen LogP contribution is 2.33. The van der Waals surface area contributed by atoms with Crippen LogP contribution in [0.25, 0.3) is 10.8 Å². The largest absolute Gasteiger partial charge is 0.457 e. The quantitative estimate of drug-likeness (QED) is 0.276. The van der Waals surface area contributed by atoms with Crippen molar-refractivity contribution in [1.29, 1.82) is 0 Å². The van der Waals surface area contributed by atoms with Crippen LogP contribution < -0.4 is 10.1 Å². The lowest BCUT2D eigenvalue weighted by Gasteiger charge is -2.18.